The molecule has 1 aromatic rings. The van der Waals surface area contributed by atoms with Gasteiger partial charge < -0.3 is 10.1 Å². The molecule has 0 saturated carbocycles. The number of aromatic nitrogens is 1. The van der Waals surface area contributed by atoms with Gasteiger partial charge in [-0.25, -0.2) is 4.98 Å². The second-order valence-corrected chi connectivity index (χ2v) is 4.22. The highest BCUT2D eigenvalue weighted by Gasteiger charge is 2.02. The molecule has 1 aromatic heterocycles. The molecule has 100 valence electrons. The quantitative estimate of drug-likeness (QED) is 0.538. The Kier molecular flexibility index (Phi) is 7.11. The zero-order valence-corrected chi connectivity index (χ0v) is 11.5. The van der Waals surface area contributed by atoms with Gasteiger partial charge in [0.1, 0.15) is 0 Å². The molecule has 1 heterocycles. The van der Waals surface area contributed by atoms with E-state index in [0.717, 1.165) is 43.9 Å². The van der Waals surface area contributed by atoms with Crippen molar-refractivity contribution < 1.29 is 4.74 Å². The third-order valence-electron chi connectivity index (χ3n) is 2.66. The SMILES string of the molecule is C=CCCCOc1cc(CNCC)cc(CC)n1. The third kappa shape index (κ3) is 5.32. The number of unbranched alkanes of at least 4 members (excludes halogenated alkanes) is 1. The lowest BCUT2D eigenvalue weighted by Gasteiger charge is -2.09. The van der Waals surface area contributed by atoms with Crippen molar-refractivity contribution in [2.45, 2.75) is 39.7 Å². The molecule has 0 amide bonds. The van der Waals surface area contributed by atoms with E-state index in [9.17, 15) is 0 Å². The minimum absolute atomic E-state index is 0.701. The average molecular weight is 248 g/mol. The largest absolute Gasteiger partial charge is 0.478 e. The number of rotatable bonds is 9. The van der Waals surface area contributed by atoms with Gasteiger partial charge in [0.25, 0.3) is 0 Å². The normalized spacial score (nSPS) is 10.3. The molecule has 0 aliphatic carbocycles. The standard InChI is InChI=1S/C15H24N2O/c1-4-7-8-9-18-15-11-13(12-16-6-3)10-14(5-2)17-15/h4,10-11,16H,1,5-9,12H2,2-3H3. The van der Waals surface area contributed by atoms with Gasteiger partial charge in [0.15, 0.2) is 0 Å². The van der Waals surface area contributed by atoms with E-state index in [0.29, 0.717) is 6.61 Å². The summed E-state index contributed by atoms with van der Waals surface area (Å²) in [5, 5.41) is 3.32. The molecule has 0 aliphatic heterocycles. The first-order valence-corrected chi connectivity index (χ1v) is 6.74. The third-order valence-corrected chi connectivity index (χ3v) is 2.66. The number of hydrogen-bond donors (Lipinski definition) is 1. The molecule has 0 aromatic carbocycles. The molecule has 0 unspecified atom stereocenters. The Morgan fingerprint density at radius 3 is 2.89 bits per heavy atom. The van der Waals surface area contributed by atoms with Crippen LogP contribution in [0.2, 0.25) is 0 Å². The average Bonchev–Trinajstić information content (AvgIpc) is 2.41. The highest BCUT2D eigenvalue weighted by Crippen LogP contribution is 2.14. The zero-order chi connectivity index (χ0) is 13.2. The van der Waals surface area contributed by atoms with E-state index in [4.69, 9.17) is 4.74 Å². The minimum atomic E-state index is 0.701. The first-order chi connectivity index (χ1) is 8.80. The Bertz CT molecular complexity index is 364. The van der Waals surface area contributed by atoms with Gasteiger partial charge in [0.05, 0.1) is 6.61 Å². The van der Waals surface area contributed by atoms with E-state index in [1.165, 1.54) is 5.56 Å². The maximum atomic E-state index is 5.68. The van der Waals surface area contributed by atoms with E-state index in [2.05, 4.69) is 36.8 Å². The summed E-state index contributed by atoms with van der Waals surface area (Å²) in [7, 11) is 0. The van der Waals surface area contributed by atoms with Crippen LogP contribution in [0.3, 0.4) is 0 Å². The molecule has 0 atom stereocenters. The van der Waals surface area contributed by atoms with Crippen LogP contribution in [0.1, 0.15) is 37.9 Å². The highest BCUT2D eigenvalue weighted by atomic mass is 16.5. The maximum absolute atomic E-state index is 5.68. The highest BCUT2D eigenvalue weighted by molar-refractivity contribution is 5.25. The Morgan fingerprint density at radius 1 is 1.39 bits per heavy atom. The molecule has 3 nitrogen and oxygen atoms in total. The van der Waals surface area contributed by atoms with E-state index in [-0.39, 0.29) is 0 Å². The smallest absolute Gasteiger partial charge is 0.213 e. The maximum Gasteiger partial charge on any atom is 0.213 e. The van der Waals surface area contributed by atoms with Crippen LogP contribution in [0, 0.1) is 0 Å². The number of allylic oxidation sites excluding steroid dienone is 1. The Hall–Kier alpha value is -1.35. The van der Waals surface area contributed by atoms with Crippen molar-refractivity contribution in [3.8, 4) is 5.88 Å². The Balaban J connectivity index is 2.61. The van der Waals surface area contributed by atoms with Crippen LogP contribution in [0.25, 0.3) is 0 Å². The van der Waals surface area contributed by atoms with Gasteiger partial charge in [-0.2, -0.15) is 0 Å². The summed E-state index contributed by atoms with van der Waals surface area (Å²) in [6.45, 7) is 10.5. The second-order valence-electron chi connectivity index (χ2n) is 4.22. The zero-order valence-electron chi connectivity index (χ0n) is 11.5. The molecule has 0 aliphatic rings. The number of ether oxygens (including phenoxy) is 1. The molecule has 0 spiro atoms. The van der Waals surface area contributed by atoms with Crippen molar-refractivity contribution in [1.82, 2.24) is 10.3 Å². The van der Waals surface area contributed by atoms with Gasteiger partial charge in [-0.15, -0.1) is 6.58 Å². The summed E-state index contributed by atoms with van der Waals surface area (Å²) >= 11 is 0. The number of hydrogen-bond acceptors (Lipinski definition) is 3. The number of aryl methyl sites for hydroxylation is 1. The minimum Gasteiger partial charge on any atom is -0.478 e. The van der Waals surface area contributed by atoms with Crippen LogP contribution < -0.4 is 10.1 Å². The molecule has 0 fully saturated rings. The van der Waals surface area contributed by atoms with Crippen molar-refractivity contribution in [3.05, 3.63) is 36.0 Å². The van der Waals surface area contributed by atoms with Crippen molar-refractivity contribution >= 4 is 0 Å². The van der Waals surface area contributed by atoms with Crippen LogP contribution in [-0.4, -0.2) is 18.1 Å². The molecule has 0 radical (unpaired) electrons. The fraction of sp³-hybridized carbons (Fsp3) is 0.533. The summed E-state index contributed by atoms with van der Waals surface area (Å²) in [4.78, 5) is 4.48. The number of pyridine rings is 1. The van der Waals surface area contributed by atoms with Crippen molar-refractivity contribution in [3.63, 3.8) is 0 Å². The van der Waals surface area contributed by atoms with Crippen LogP contribution in [-0.2, 0) is 13.0 Å². The lowest BCUT2D eigenvalue weighted by Crippen LogP contribution is -2.12. The van der Waals surface area contributed by atoms with E-state index in [1.807, 2.05) is 12.1 Å². The van der Waals surface area contributed by atoms with Gasteiger partial charge in [-0.3, -0.25) is 0 Å². The summed E-state index contributed by atoms with van der Waals surface area (Å²) < 4.78 is 5.68. The van der Waals surface area contributed by atoms with Gasteiger partial charge in [0, 0.05) is 18.3 Å². The van der Waals surface area contributed by atoms with E-state index >= 15 is 0 Å². The lowest BCUT2D eigenvalue weighted by atomic mass is 10.2. The van der Waals surface area contributed by atoms with Gasteiger partial charge >= 0.3 is 0 Å². The Labute approximate surface area is 110 Å². The topological polar surface area (TPSA) is 34.1 Å². The van der Waals surface area contributed by atoms with Crippen LogP contribution in [0.5, 0.6) is 5.88 Å². The summed E-state index contributed by atoms with van der Waals surface area (Å²) in [6.07, 6.45) is 4.82. The Morgan fingerprint density at radius 2 is 2.22 bits per heavy atom. The molecule has 18 heavy (non-hydrogen) atoms. The van der Waals surface area contributed by atoms with Crippen LogP contribution >= 0.6 is 0 Å². The molecule has 1 rings (SSSR count). The van der Waals surface area contributed by atoms with Crippen LogP contribution in [0.15, 0.2) is 24.8 Å². The van der Waals surface area contributed by atoms with Crippen molar-refractivity contribution in [2.75, 3.05) is 13.2 Å². The predicted molar refractivity (Wildman–Crippen MR) is 75.9 cm³/mol. The number of nitrogens with one attached hydrogen (secondary N) is 1. The van der Waals surface area contributed by atoms with Crippen molar-refractivity contribution in [2.24, 2.45) is 0 Å². The molecule has 3 heteroatoms. The van der Waals surface area contributed by atoms with E-state index in [1.54, 1.807) is 0 Å². The second kappa shape index (κ2) is 8.70. The van der Waals surface area contributed by atoms with Gasteiger partial charge in [-0.05, 0) is 37.4 Å². The van der Waals surface area contributed by atoms with Crippen LogP contribution in [0.4, 0.5) is 0 Å². The monoisotopic (exact) mass is 248 g/mol. The molecule has 0 bridgehead atoms. The van der Waals surface area contributed by atoms with Gasteiger partial charge in [0.2, 0.25) is 5.88 Å². The van der Waals surface area contributed by atoms with Gasteiger partial charge in [-0.1, -0.05) is 19.9 Å². The summed E-state index contributed by atoms with van der Waals surface area (Å²) in [5.74, 6) is 0.742. The van der Waals surface area contributed by atoms with Crippen molar-refractivity contribution in [1.29, 1.82) is 0 Å². The first-order valence-electron chi connectivity index (χ1n) is 6.74. The summed E-state index contributed by atoms with van der Waals surface area (Å²) in [5.41, 5.74) is 2.33. The molecule has 0 saturated heterocycles. The molecular formula is C15H24N2O. The molecule has 1 N–H and O–H groups in total. The fourth-order valence-electron chi connectivity index (χ4n) is 1.65. The lowest BCUT2D eigenvalue weighted by molar-refractivity contribution is 0.299. The molecular weight excluding hydrogens is 224 g/mol. The first kappa shape index (κ1) is 14.7. The summed E-state index contributed by atoms with van der Waals surface area (Å²) in [6, 6.07) is 4.16. The fourth-order valence-corrected chi connectivity index (χ4v) is 1.65. The number of nitrogens with zero attached hydrogens (tertiary/aromatic N) is 1. The van der Waals surface area contributed by atoms with E-state index < -0.39 is 0 Å². The predicted octanol–water partition coefficient (Wildman–Crippen LogP) is 3.10.